The molecule has 10 rings (SSSR count). The minimum atomic E-state index is -1.16. The highest BCUT2D eigenvalue weighted by atomic mass is 32.1. The second-order valence-corrected chi connectivity index (χ2v) is 24.1. The van der Waals surface area contributed by atoms with Gasteiger partial charge in [0.1, 0.15) is 23.7 Å². The number of likely N-dealkylation sites (tertiary alicyclic amines) is 1. The number of anilines is 2. The van der Waals surface area contributed by atoms with Crippen molar-refractivity contribution in [2.75, 3.05) is 23.3 Å². The van der Waals surface area contributed by atoms with E-state index in [1.165, 1.54) is 16.2 Å². The molecule has 0 radical (unpaired) electrons. The number of aromatic nitrogens is 3. The number of carboxylic acids is 1. The number of thiazole rings is 2. The number of para-hydroxylation sites is 1. The largest absolute Gasteiger partial charge is 0.490 e. The lowest BCUT2D eigenvalue weighted by Crippen LogP contribution is -2.58. The van der Waals surface area contributed by atoms with E-state index in [-0.39, 0.29) is 60.9 Å². The summed E-state index contributed by atoms with van der Waals surface area (Å²) in [6, 6.07) is 28.4. The molecule has 1 aliphatic carbocycles. The van der Waals surface area contributed by atoms with E-state index >= 15 is 0 Å². The molecule has 5 heterocycles. The van der Waals surface area contributed by atoms with Crippen LogP contribution in [-0.2, 0) is 27.3 Å². The van der Waals surface area contributed by atoms with Gasteiger partial charge in [-0.05, 0) is 134 Å². The predicted molar refractivity (Wildman–Crippen MR) is 307 cm³/mol. The van der Waals surface area contributed by atoms with Crippen LogP contribution in [0.15, 0.2) is 103 Å². The van der Waals surface area contributed by atoms with Crippen LogP contribution in [0.3, 0.4) is 0 Å². The van der Waals surface area contributed by atoms with Crippen LogP contribution in [0.1, 0.15) is 121 Å². The van der Waals surface area contributed by atoms with E-state index in [0.29, 0.717) is 65.7 Å². The summed E-state index contributed by atoms with van der Waals surface area (Å²) in [5.41, 5.74) is 9.13. The number of aromatic carboxylic acids is 1. The van der Waals surface area contributed by atoms with Crippen molar-refractivity contribution in [2.45, 2.75) is 123 Å². The Morgan fingerprint density at radius 1 is 0.861 bits per heavy atom. The summed E-state index contributed by atoms with van der Waals surface area (Å²) in [5.74, 6) is -1.25. The molecule has 2 aliphatic heterocycles. The molecular weight excluding hydrogens is 1040 g/mol. The summed E-state index contributed by atoms with van der Waals surface area (Å²) >= 11 is 2.99. The molecule has 4 amide bonds. The molecule has 0 spiro atoms. The molecule has 2 fully saturated rings. The van der Waals surface area contributed by atoms with E-state index in [1.807, 2.05) is 137 Å². The average Bonchev–Trinajstić information content (AvgIpc) is 4.19. The first kappa shape index (κ1) is 54.8. The Labute approximate surface area is 467 Å². The summed E-state index contributed by atoms with van der Waals surface area (Å²) < 4.78 is 7.61. The number of hydrogen-bond acceptors (Lipinski definition) is 13. The zero-order chi connectivity index (χ0) is 55.7. The second-order valence-electron chi connectivity index (χ2n) is 22.2. The van der Waals surface area contributed by atoms with Crippen LogP contribution in [-0.4, -0.2) is 97.0 Å². The number of pyridine rings is 1. The van der Waals surface area contributed by atoms with E-state index in [4.69, 9.17) is 9.72 Å². The number of ether oxygens (including phenoxy) is 1. The highest BCUT2D eigenvalue weighted by molar-refractivity contribution is 7.22. The molecule has 3 aromatic heterocycles. The topological polar surface area (TPSA) is 216 Å². The lowest BCUT2D eigenvalue weighted by Gasteiger charge is -2.36. The monoisotopic (exact) mass is 1100 g/mol. The van der Waals surface area contributed by atoms with Crippen LogP contribution < -0.4 is 25.6 Å². The lowest BCUT2D eigenvalue weighted by atomic mass is 9.83. The van der Waals surface area contributed by atoms with Gasteiger partial charge in [0.15, 0.2) is 10.8 Å². The number of nitrogens with one attached hydrogen (secondary N) is 3. The number of nitrogens with zero attached hydrogens (tertiary/aromatic N) is 5. The molecule has 0 unspecified atom stereocenters. The van der Waals surface area contributed by atoms with Crippen molar-refractivity contribution >= 4 is 73.4 Å². The van der Waals surface area contributed by atoms with E-state index < -0.39 is 35.5 Å². The first-order valence-corrected chi connectivity index (χ1v) is 28.7. The maximum Gasteiger partial charge on any atom is 0.355 e. The van der Waals surface area contributed by atoms with Gasteiger partial charge in [-0.25, -0.2) is 19.7 Å². The molecule has 5 N–H and O–H groups in total. The Morgan fingerprint density at radius 3 is 2.34 bits per heavy atom. The summed E-state index contributed by atoms with van der Waals surface area (Å²) in [6.45, 7) is 12.4. The second kappa shape index (κ2) is 23.0. The molecule has 7 aromatic rings. The maximum atomic E-state index is 14.4. The van der Waals surface area contributed by atoms with Crippen molar-refractivity contribution in [1.29, 1.82) is 0 Å². The molecule has 1 saturated heterocycles. The number of β-amino-alcohol motifs (C(OH)–C–C–N with tert-alkyl or cyclic N) is 1. The fraction of sp³-hybridized carbons (Fsp3) is 0.377. The van der Waals surface area contributed by atoms with Crippen LogP contribution >= 0.6 is 22.7 Å². The van der Waals surface area contributed by atoms with Crippen LogP contribution in [0.5, 0.6) is 5.75 Å². The Hall–Kier alpha value is -7.54. The molecule has 410 valence electrons. The Kier molecular flexibility index (Phi) is 16.0. The van der Waals surface area contributed by atoms with Gasteiger partial charge in [0, 0.05) is 43.6 Å². The standard InChI is InChI=1S/C61H66N8O8S2/c1-34-43(44-25-26-51(65-53(44)59(75)76)68-28-27-39-11-9-13-45(46(39)32-68)56(72)67-60-64-47-14-7-8-16-50(47)79-60)12-10-15-49(34)77-42-23-17-37(18-24-42)29-52(71)66-55(61(4,5)6)58(74)69-31-41(70)30-48(69)57(73)63-35(2)38-19-21-40(22-20-38)54-36(3)62-33-78-54/h7-16,19-22,25-26,33,35,37,41-42,48,55,70H,17-18,23-24,27-32H2,1-6H3,(H,63,73)(H,66,71)(H,75,76)(H,64,67,72)/t35-,37?,41-,42?,48+,55-/m1/s1. The molecule has 1 saturated carbocycles. The van der Waals surface area contributed by atoms with Gasteiger partial charge in [-0.3, -0.25) is 24.5 Å². The first-order valence-electron chi connectivity index (χ1n) is 27.0. The van der Waals surface area contributed by atoms with Crippen LogP contribution in [0.2, 0.25) is 0 Å². The fourth-order valence-electron chi connectivity index (χ4n) is 11.2. The number of aliphatic hydroxyl groups is 1. The lowest BCUT2D eigenvalue weighted by molar-refractivity contribution is -0.144. The molecule has 16 nitrogen and oxygen atoms in total. The van der Waals surface area contributed by atoms with Gasteiger partial charge in [-0.15, -0.1) is 11.3 Å². The summed E-state index contributed by atoms with van der Waals surface area (Å²) in [4.78, 5) is 86.9. The quantitative estimate of drug-likeness (QED) is 0.0648. The Bertz CT molecular complexity index is 3400. The number of amides is 4. The normalized spacial score (nSPS) is 19.1. The predicted octanol–water partition coefficient (Wildman–Crippen LogP) is 10.3. The van der Waals surface area contributed by atoms with Crippen molar-refractivity contribution in [1.82, 2.24) is 30.5 Å². The van der Waals surface area contributed by atoms with Crippen LogP contribution in [0.25, 0.3) is 31.8 Å². The third kappa shape index (κ3) is 12.1. The highest BCUT2D eigenvalue weighted by Crippen LogP contribution is 2.38. The molecule has 18 heteroatoms. The van der Waals surface area contributed by atoms with E-state index in [9.17, 15) is 34.2 Å². The number of fused-ring (bicyclic) bond motifs is 2. The average molecular weight is 1100 g/mol. The number of carbonyl (C=O) groups excluding carboxylic acids is 4. The number of carboxylic acid groups (broad SMARTS) is 1. The van der Waals surface area contributed by atoms with Crippen molar-refractivity contribution in [3.8, 4) is 27.3 Å². The van der Waals surface area contributed by atoms with Crippen molar-refractivity contribution in [3.05, 3.63) is 142 Å². The molecule has 4 atom stereocenters. The molecule has 0 bridgehead atoms. The zero-order valence-electron chi connectivity index (χ0n) is 45.2. The molecule has 3 aliphatic rings. The summed E-state index contributed by atoms with van der Waals surface area (Å²) in [6.07, 6.45) is 2.79. The van der Waals surface area contributed by atoms with Crippen molar-refractivity contribution < 1.29 is 38.9 Å². The highest BCUT2D eigenvalue weighted by Gasteiger charge is 2.45. The minimum Gasteiger partial charge on any atom is -0.490 e. The van der Waals surface area contributed by atoms with E-state index in [0.717, 1.165) is 61.4 Å². The number of carbonyl (C=O) groups is 5. The van der Waals surface area contributed by atoms with Gasteiger partial charge >= 0.3 is 5.97 Å². The minimum absolute atomic E-state index is 0.0141. The summed E-state index contributed by atoms with van der Waals surface area (Å²) in [7, 11) is 0. The van der Waals surface area contributed by atoms with Gasteiger partial charge in [0.2, 0.25) is 17.7 Å². The summed E-state index contributed by atoms with van der Waals surface area (Å²) in [5, 5.41) is 31.0. The van der Waals surface area contributed by atoms with Gasteiger partial charge in [-0.1, -0.05) is 92.8 Å². The van der Waals surface area contributed by atoms with Gasteiger partial charge in [0.05, 0.1) is 44.5 Å². The third-order valence-electron chi connectivity index (χ3n) is 15.6. The number of benzene rings is 4. The Balaban J connectivity index is 0.741. The van der Waals surface area contributed by atoms with Crippen molar-refractivity contribution in [2.24, 2.45) is 11.3 Å². The van der Waals surface area contributed by atoms with Gasteiger partial charge in [0.25, 0.3) is 5.91 Å². The van der Waals surface area contributed by atoms with Crippen molar-refractivity contribution in [3.63, 3.8) is 0 Å². The van der Waals surface area contributed by atoms with Crippen LogP contribution in [0.4, 0.5) is 10.9 Å². The number of aliphatic hydroxyl groups excluding tert-OH is 1. The van der Waals surface area contributed by atoms with Gasteiger partial charge in [-0.2, -0.15) is 0 Å². The first-order chi connectivity index (χ1) is 37.9. The maximum absolute atomic E-state index is 14.4. The van der Waals surface area contributed by atoms with E-state index in [1.54, 1.807) is 23.5 Å². The smallest absolute Gasteiger partial charge is 0.355 e. The van der Waals surface area contributed by atoms with Gasteiger partial charge < -0.3 is 35.4 Å². The fourth-order valence-corrected chi connectivity index (χ4v) is 12.9. The number of hydrogen-bond donors (Lipinski definition) is 5. The number of rotatable bonds is 15. The Morgan fingerprint density at radius 2 is 1.62 bits per heavy atom. The zero-order valence-corrected chi connectivity index (χ0v) is 46.9. The SMILES string of the molecule is Cc1ncsc1-c1ccc([C@@H](C)NC(=O)[C@@H]2C[C@@H](O)CN2C(=O)[C@@H](NC(=O)CC2CCC(Oc3cccc(-c4ccc(N5CCc6cccc(C(=O)Nc7nc8ccccc8s7)c6C5)nc4C(=O)O)c3C)CC2)C(C)(C)C)cc1. The van der Waals surface area contributed by atoms with E-state index in [2.05, 4.69) is 25.9 Å². The molecule has 4 aromatic carbocycles. The molecular formula is C61H66N8O8S2. The third-order valence-corrected chi connectivity index (χ3v) is 17.6. The van der Waals surface area contributed by atoms with Crippen LogP contribution in [0, 0.1) is 25.2 Å². The number of aryl methyl sites for hydroxylation is 1. The molecule has 79 heavy (non-hydrogen) atoms.